The van der Waals surface area contributed by atoms with Gasteiger partial charge >= 0.3 is 0 Å². The maximum absolute atomic E-state index is 13.0. The molecule has 2 aromatic carbocycles. The highest BCUT2D eigenvalue weighted by Crippen LogP contribution is 2.25. The van der Waals surface area contributed by atoms with Crippen molar-refractivity contribution >= 4 is 17.3 Å². The molecule has 0 bridgehead atoms. The lowest BCUT2D eigenvalue weighted by Gasteiger charge is -2.09. The molecule has 6 heteroatoms. The van der Waals surface area contributed by atoms with Crippen molar-refractivity contribution < 1.29 is 18.7 Å². The van der Waals surface area contributed by atoms with Crippen LogP contribution >= 0.6 is 0 Å². The average Bonchev–Trinajstić information content (AvgIpc) is 2.45. The minimum absolute atomic E-state index is 0.206. The summed E-state index contributed by atoms with van der Waals surface area (Å²) in [6, 6.07) is 10.5. The van der Waals surface area contributed by atoms with Crippen molar-refractivity contribution in [3.8, 4) is 11.5 Å². The van der Waals surface area contributed by atoms with Crippen molar-refractivity contribution in [2.45, 2.75) is 0 Å². The van der Waals surface area contributed by atoms with Crippen LogP contribution in [0.5, 0.6) is 11.5 Å². The molecule has 0 unspecified atom stereocenters. The van der Waals surface area contributed by atoms with Gasteiger partial charge in [0.1, 0.15) is 17.3 Å². The molecule has 110 valence electrons. The summed E-state index contributed by atoms with van der Waals surface area (Å²) in [5, 5.41) is 2.53. The molecule has 0 atom stereocenters. The third kappa shape index (κ3) is 4.10. The number of nitrogens with two attached hydrogens (primary N) is 1. The van der Waals surface area contributed by atoms with E-state index in [1.807, 2.05) is 0 Å². The second-order valence-corrected chi connectivity index (χ2v) is 4.25. The largest absolute Gasteiger partial charge is 0.495 e. The second-order valence-electron chi connectivity index (χ2n) is 4.25. The van der Waals surface area contributed by atoms with E-state index in [2.05, 4.69) is 5.32 Å². The van der Waals surface area contributed by atoms with Crippen LogP contribution in [-0.2, 0) is 4.79 Å². The number of anilines is 2. The number of benzene rings is 2. The molecule has 0 aliphatic heterocycles. The summed E-state index contributed by atoms with van der Waals surface area (Å²) in [5.74, 6) is 0.167. The van der Waals surface area contributed by atoms with Gasteiger partial charge in [0, 0.05) is 11.8 Å². The predicted octanol–water partition coefficient (Wildman–Crippen LogP) is 2.43. The molecule has 0 fully saturated rings. The Kier molecular flexibility index (Phi) is 4.61. The van der Waals surface area contributed by atoms with Gasteiger partial charge in [-0.3, -0.25) is 4.79 Å². The molecule has 3 N–H and O–H groups in total. The molecular weight excluding hydrogens is 275 g/mol. The molecule has 0 saturated heterocycles. The molecule has 2 aromatic rings. The highest BCUT2D eigenvalue weighted by molar-refractivity contribution is 5.91. The molecule has 0 spiro atoms. The molecule has 0 aromatic heterocycles. The van der Waals surface area contributed by atoms with Crippen LogP contribution < -0.4 is 20.5 Å². The summed E-state index contributed by atoms with van der Waals surface area (Å²) >= 11 is 0. The summed E-state index contributed by atoms with van der Waals surface area (Å²) < 4.78 is 23.3. The van der Waals surface area contributed by atoms with E-state index in [4.69, 9.17) is 15.2 Å². The number of carbonyl (C=O) groups is 1. The Morgan fingerprint density at radius 1 is 1.29 bits per heavy atom. The Morgan fingerprint density at radius 3 is 2.76 bits per heavy atom. The first-order chi connectivity index (χ1) is 10.1. The van der Waals surface area contributed by atoms with Crippen molar-refractivity contribution in [3.05, 3.63) is 48.3 Å². The van der Waals surface area contributed by atoms with Crippen LogP contribution in [0.15, 0.2) is 42.5 Å². The maximum Gasteiger partial charge on any atom is 0.262 e. The van der Waals surface area contributed by atoms with Gasteiger partial charge in [0.2, 0.25) is 0 Å². The molecule has 21 heavy (non-hydrogen) atoms. The van der Waals surface area contributed by atoms with Crippen LogP contribution in [-0.4, -0.2) is 19.6 Å². The van der Waals surface area contributed by atoms with Crippen LogP contribution in [0, 0.1) is 5.82 Å². The van der Waals surface area contributed by atoms with Crippen molar-refractivity contribution in [2.24, 2.45) is 0 Å². The monoisotopic (exact) mass is 290 g/mol. The first-order valence-corrected chi connectivity index (χ1v) is 6.20. The molecule has 0 heterocycles. The zero-order valence-corrected chi connectivity index (χ0v) is 11.4. The van der Waals surface area contributed by atoms with E-state index in [-0.39, 0.29) is 6.61 Å². The van der Waals surface area contributed by atoms with E-state index >= 15 is 0 Å². The second kappa shape index (κ2) is 6.60. The number of nitrogens with one attached hydrogen (secondary N) is 1. The highest BCUT2D eigenvalue weighted by atomic mass is 19.1. The molecule has 0 aliphatic carbocycles. The number of amides is 1. The molecular formula is C15H15FN2O3. The number of rotatable bonds is 5. The van der Waals surface area contributed by atoms with E-state index < -0.39 is 11.7 Å². The fourth-order valence-electron chi connectivity index (χ4n) is 1.71. The van der Waals surface area contributed by atoms with Gasteiger partial charge < -0.3 is 20.5 Å². The quantitative estimate of drug-likeness (QED) is 0.829. The van der Waals surface area contributed by atoms with Crippen molar-refractivity contribution in [1.82, 2.24) is 0 Å². The molecule has 0 saturated carbocycles. The highest BCUT2D eigenvalue weighted by Gasteiger charge is 2.06. The van der Waals surface area contributed by atoms with Crippen LogP contribution in [0.4, 0.5) is 15.8 Å². The summed E-state index contributed by atoms with van der Waals surface area (Å²) in [4.78, 5) is 11.7. The van der Waals surface area contributed by atoms with Gasteiger partial charge in [-0.1, -0.05) is 6.07 Å². The molecule has 0 radical (unpaired) electrons. The van der Waals surface area contributed by atoms with E-state index in [0.717, 1.165) is 0 Å². The first kappa shape index (κ1) is 14.6. The average molecular weight is 290 g/mol. The normalized spacial score (nSPS) is 10.0. The van der Waals surface area contributed by atoms with E-state index in [9.17, 15) is 9.18 Å². The third-order valence-electron chi connectivity index (χ3n) is 2.68. The number of hydrogen-bond acceptors (Lipinski definition) is 4. The van der Waals surface area contributed by atoms with Gasteiger partial charge in [-0.15, -0.1) is 0 Å². The van der Waals surface area contributed by atoms with Gasteiger partial charge in [-0.05, 0) is 30.3 Å². The molecule has 5 nitrogen and oxygen atoms in total. The molecule has 0 aliphatic rings. The van der Waals surface area contributed by atoms with Crippen LogP contribution in [0.1, 0.15) is 0 Å². The third-order valence-corrected chi connectivity index (χ3v) is 2.68. The summed E-state index contributed by atoms with van der Waals surface area (Å²) in [6.07, 6.45) is 0. The van der Waals surface area contributed by atoms with Gasteiger partial charge in [0.15, 0.2) is 6.61 Å². The van der Waals surface area contributed by atoms with Crippen molar-refractivity contribution in [2.75, 3.05) is 24.8 Å². The lowest BCUT2D eigenvalue weighted by Crippen LogP contribution is -2.20. The number of halogens is 1. The standard InChI is InChI=1S/C15H15FN2O3/c1-20-14-6-5-12(8-13(14)17)21-9-15(19)18-11-4-2-3-10(16)7-11/h2-8H,9,17H2,1H3,(H,18,19). The number of methoxy groups -OCH3 is 1. The van der Waals surface area contributed by atoms with Crippen molar-refractivity contribution in [3.63, 3.8) is 0 Å². The zero-order valence-electron chi connectivity index (χ0n) is 11.4. The number of ether oxygens (including phenoxy) is 2. The Labute approximate surface area is 121 Å². The molecule has 2 rings (SSSR count). The Hall–Kier alpha value is -2.76. The summed E-state index contributed by atoms with van der Waals surface area (Å²) in [6.45, 7) is -0.206. The Bertz CT molecular complexity index is 647. The van der Waals surface area contributed by atoms with Crippen LogP contribution in [0.2, 0.25) is 0 Å². The number of nitrogen functional groups attached to an aromatic ring is 1. The number of hydrogen-bond donors (Lipinski definition) is 2. The van der Waals surface area contributed by atoms with Gasteiger partial charge in [0.25, 0.3) is 5.91 Å². The lowest BCUT2D eigenvalue weighted by molar-refractivity contribution is -0.118. The van der Waals surface area contributed by atoms with Gasteiger partial charge in [-0.2, -0.15) is 0 Å². The predicted molar refractivity (Wildman–Crippen MR) is 77.9 cm³/mol. The minimum atomic E-state index is -0.420. The number of carbonyl (C=O) groups excluding carboxylic acids is 1. The van der Waals surface area contributed by atoms with Gasteiger partial charge in [-0.25, -0.2) is 4.39 Å². The first-order valence-electron chi connectivity index (χ1n) is 6.20. The van der Waals surface area contributed by atoms with E-state index in [0.29, 0.717) is 22.9 Å². The molecule has 1 amide bonds. The fraction of sp³-hybridized carbons (Fsp3) is 0.133. The fourth-order valence-corrected chi connectivity index (χ4v) is 1.71. The Morgan fingerprint density at radius 2 is 2.10 bits per heavy atom. The maximum atomic E-state index is 13.0. The van der Waals surface area contributed by atoms with E-state index in [1.54, 1.807) is 24.3 Å². The Balaban J connectivity index is 1.90. The lowest BCUT2D eigenvalue weighted by atomic mass is 10.3. The minimum Gasteiger partial charge on any atom is -0.495 e. The topological polar surface area (TPSA) is 73.6 Å². The SMILES string of the molecule is COc1ccc(OCC(=O)Nc2cccc(F)c2)cc1N. The smallest absolute Gasteiger partial charge is 0.262 e. The zero-order chi connectivity index (χ0) is 15.2. The van der Waals surface area contributed by atoms with Crippen LogP contribution in [0.25, 0.3) is 0 Å². The van der Waals surface area contributed by atoms with E-state index in [1.165, 1.54) is 25.3 Å². The summed E-state index contributed by atoms with van der Waals surface area (Å²) in [5.41, 5.74) is 6.52. The van der Waals surface area contributed by atoms with Crippen LogP contribution in [0.3, 0.4) is 0 Å². The summed E-state index contributed by atoms with van der Waals surface area (Å²) in [7, 11) is 1.51. The van der Waals surface area contributed by atoms with Gasteiger partial charge in [0.05, 0.1) is 12.8 Å². The van der Waals surface area contributed by atoms with Crippen molar-refractivity contribution in [1.29, 1.82) is 0 Å².